The van der Waals surface area contributed by atoms with E-state index in [2.05, 4.69) is 20.9 Å². The van der Waals surface area contributed by atoms with Crippen molar-refractivity contribution in [1.29, 1.82) is 0 Å². The molecule has 1 aliphatic carbocycles. The van der Waals surface area contributed by atoms with Crippen molar-refractivity contribution in [3.05, 3.63) is 23.9 Å². The van der Waals surface area contributed by atoms with Gasteiger partial charge in [-0.1, -0.05) is 6.07 Å². The Kier molecular flexibility index (Phi) is 4.33. The van der Waals surface area contributed by atoms with Crippen LogP contribution < -0.4 is 16.0 Å². The van der Waals surface area contributed by atoms with Crippen LogP contribution in [0.1, 0.15) is 25.0 Å². The molecule has 102 valence electrons. The smallest absolute Gasteiger partial charge is 0.315 e. The Morgan fingerprint density at radius 3 is 2.84 bits per heavy atom. The van der Waals surface area contributed by atoms with Crippen molar-refractivity contribution < 1.29 is 9.59 Å². The van der Waals surface area contributed by atoms with Gasteiger partial charge in [-0.2, -0.15) is 0 Å². The monoisotopic (exact) mass is 262 g/mol. The van der Waals surface area contributed by atoms with Crippen LogP contribution in [-0.2, 0) is 4.79 Å². The maximum absolute atomic E-state index is 11.6. The molecule has 0 radical (unpaired) electrons. The molecular weight excluding hydrogens is 244 g/mol. The fourth-order valence-corrected chi connectivity index (χ4v) is 1.57. The molecule has 0 unspecified atom stereocenters. The van der Waals surface area contributed by atoms with Gasteiger partial charge in [-0.25, -0.2) is 9.78 Å². The molecule has 0 aliphatic heterocycles. The highest BCUT2D eigenvalue weighted by Crippen LogP contribution is 2.18. The molecule has 6 nitrogen and oxygen atoms in total. The van der Waals surface area contributed by atoms with Crippen molar-refractivity contribution in [2.75, 3.05) is 11.9 Å². The van der Waals surface area contributed by atoms with E-state index in [9.17, 15) is 9.59 Å². The lowest BCUT2D eigenvalue weighted by atomic mass is 10.3. The molecule has 1 aliphatic rings. The summed E-state index contributed by atoms with van der Waals surface area (Å²) in [5, 5.41) is 8.13. The SMILES string of the molecule is Cc1cccc(NC(=O)CCNC(=O)NC2CC2)n1. The summed E-state index contributed by atoms with van der Waals surface area (Å²) in [6, 6.07) is 5.55. The van der Waals surface area contributed by atoms with Crippen molar-refractivity contribution >= 4 is 17.8 Å². The average Bonchev–Trinajstić information content (AvgIpc) is 3.12. The zero-order valence-corrected chi connectivity index (χ0v) is 10.9. The normalized spacial score (nSPS) is 13.7. The summed E-state index contributed by atoms with van der Waals surface area (Å²) >= 11 is 0. The third kappa shape index (κ3) is 4.95. The van der Waals surface area contributed by atoms with Crippen LogP contribution in [0.4, 0.5) is 10.6 Å². The van der Waals surface area contributed by atoms with Crippen LogP contribution in [0.2, 0.25) is 0 Å². The van der Waals surface area contributed by atoms with Crippen LogP contribution >= 0.6 is 0 Å². The Morgan fingerprint density at radius 2 is 2.16 bits per heavy atom. The van der Waals surface area contributed by atoms with E-state index in [1.165, 1.54) is 0 Å². The zero-order valence-electron chi connectivity index (χ0n) is 10.9. The number of hydrogen-bond acceptors (Lipinski definition) is 3. The number of urea groups is 1. The largest absolute Gasteiger partial charge is 0.338 e. The zero-order chi connectivity index (χ0) is 13.7. The summed E-state index contributed by atoms with van der Waals surface area (Å²) in [4.78, 5) is 27.1. The minimum absolute atomic E-state index is 0.162. The number of pyridine rings is 1. The maximum Gasteiger partial charge on any atom is 0.315 e. The van der Waals surface area contributed by atoms with Crippen LogP contribution in [0.25, 0.3) is 0 Å². The summed E-state index contributed by atoms with van der Waals surface area (Å²) in [7, 11) is 0. The highest BCUT2D eigenvalue weighted by atomic mass is 16.2. The maximum atomic E-state index is 11.6. The topological polar surface area (TPSA) is 83.1 Å². The van der Waals surface area contributed by atoms with E-state index in [0.29, 0.717) is 18.4 Å². The van der Waals surface area contributed by atoms with Gasteiger partial charge in [0.15, 0.2) is 0 Å². The number of carbonyl (C=O) groups is 2. The Morgan fingerprint density at radius 1 is 1.37 bits per heavy atom. The van der Waals surface area contributed by atoms with Gasteiger partial charge in [-0.3, -0.25) is 4.79 Å². The molecule has 0 spiro atoms. The Labute approximate surface area is 112 Å². The van der Waals surface area contributed by atoms with Gasteiger partial charge < -0.3 is 16.0 Å². The summed E-state index contributed by atoms with van der Waals surface area (Å²) < 4.78 is 0. The Bertz CT molecular complexity index is 471. The Hall–Kier alpha value is -2.11. The summed E-state index contributed by atoms with van der Waals surface area (Å²) in [6.45, 7) is 2.18. The van der Waals surface area contributed by atoms with Crippen LogP contribution in [0.15, 0.2) is 18.2 Å². The third-order valence-electron chi connectivity index (χ3n) is 2.71. The first-order chi connectivity index (χ1) is 9.13. The van der Waals surface area contributed by atoms with Crippen LogP contribution in [0.3, 0.4) is 0 Å². The van der Waals surface area contributed by atoms with Gasteiger partial charge in [0.05, 0.1) is 0 Å². The number of rotatable bonds is 5. The van der Waals surface area contributed by atoms with Crippen molar-refractivity contribution in [3.8, 4) is 0 Å². The quantitative estimate of drug-likeness (QED) is 0.745. The molecule has 3 N–H and O–H groups in total. The molecule has 2 rings (SSSR count). The van der Waals surface area contributed by atoms with E-state index >= 15 is 0 Å². The van der Waals surface area contributed by atoms with Gasteiger partial charge in [0.1, 0.15) is 5.82 Å². The average molecular weight is 262 g/mol. The second-order valence-corrected chi connectivity index (χ2v) is 4.64. The minimum atomic E-state index is -0.205. The van der Waals surface area contributed by atoms with Gasteiger partial charge in [0.25, 0.3) is 0 Å². The van der Waals surface area contributed by atoms with Crippen molar-refractivity contribution in [1.82, 2.24) is 15.6 Å². The van der Waals surface area contributed by atoms with E-state index in [1.807, 2.05) is 19.1 Å². The molecule has 0 saturated heterocycles. The van der Waals surface area contributed by atoms with Crippen LogP contribution in [-0.4, -0.2) is 29.5 Å². The standard InChI is InChI=1S/C13H18N4O2/c1-9-3-2-4-11(15-9)17-12(18)7-8-14-13(19)16-10-5-6-10/h2-4,10H,5-8H2,1H3,(H2,14,16,19)(H,15,17,18). The van der Waals surface area contributed by atoms with Gasteiger partial charge in [0.2, 0.25) is 5.91 Å². The van der Waals surface area contributed by atoms with Gasteiger partial charge in [-0.05, 0) is 31.9 Å². The van der Waals surface area contributed by atoms with Crippen molar-refractivity contribution in [2.24, 2.45) is 0 Å². The molecule has 1 fully saturated rings. The Balaban J connectivity index is 1.65. The number of aromatic nitrogens is 1. The summed E-state index contributed by atoms with van der Waals surface area (Å²) in [5.74, 6) is 0.372. The lowest BCUT2D eigenvalue weighted by Crippen LogP contribution is -2.38. The highest BCUT2D eigenvalue weighted by molar-refractivity contribution is 5.90. The predicted molar refractivity (Wildman–Crippen MR) is 71.8 cm³/mol. The molecular formula is C13H18N4O2. The number of nitrogens with one attached hydrogen (secondary N) is 3. The van der Waals surface area contributed by atoms with Gasteiger partial charge >= 0.3 is 6.03 Å². The third-order valence-corrected chi connectivity index (χ3v) is 2.71. The molecule has 1 saturated carbocycles. The number of hydrogen-bond donors (Lipinski definition) is 3. The second kappa shape index (κ2) is 6.17. The number of amides is 3. The first-order valence-electron chi connectivity index (χ1n) is 6.41. The molecule has 0 bridgehead atoms. The predicted octanol–water partition coefficient (Wildman–Crippen LogP) is 1.18. The lowest BCUT2D eigenvalue weighted by Gasteiger charge is -2.07. The van der Waals surface area contributed by atoms with Gasteiger partial charge in [0, 0.05) is 24.7 Å². The number of carbonyl (C=O) groups excluding carboxylic acids is 2. The van der Waals surface area contributed by atoms with E-state index in [0.717, 1.165) is 18.5 Å². The van der Waals surface area contributed by atoms with E-state index < -0.39 is 0 Å². The molecule has 1 heterocycles. The number of aryl methyl sites for hydroxylation is 1. The molecule has 3 amide bonds. The van der Waals surface area contributed by atoms with Crippen LogP contribution in [0.5, 0.6) is 0 Å². The first kappa shape index (κ1) is 13.3. The van der Waals surface area contributed by atoms with Crippen LogP contribution in [0, 0.1) is 6.92 Å². The van der Waals surface area contributed by atoms with Gasteiger partial charge in [-0.15, -0.1) is 0 Å². The lowest BCUT2D eigenvalue weighted by molar-refractivity contribution is -0.116. The molecule has 0 atom stereocenters. The minimum Gasteiger partial charge on any atom is -0.338 e. The van der Waals surface area contributed by atoms with E-state index in [-0.39, 0.29) is 18.4 Å². The van der Waals surface area contributed by atoms with E-state index in [4.69, 9.17) is 0 Å². The molecule has 1 aromatic heterocycles. The van der Waals surface area contributed by atoms with E-state index in [1.54, 1.807) is 6.07 Å². The second-order valence-electron chi connectivity index (χ2n) is 4.64. The summed E-state index contributed by atoms with van der Waals surface area (Å²) in [6.07, 6.45) is 2.33. The first-order valence-corrected chi connectivity index (χ1v) is 6.41. The van der Waals surface area contributed by atoms with Crippen molar-refractivity contribution in [3.63, 3.8) is 0 Å². The molecule has 19 heavy (non-hydrogen) atoms. The summed E-state index contributed by atoms with van der Waals surface area (Å²) in [5.41, 5.74) is 0.847. The molecule has 0 aromatic carbocycles. The highest BCUT2D eigenvalue weighted by Gasteiger charge is 2.22. The fraction of sp³-hybridized carbons (Fsp3) is 0.462. The number of anilines is 1. The van der Waals surface area contributed by atoms with Crippen molar-refractivity contribution in [2.45, 2.75) is 32.2 Å². The fourth-order valence-electron chi connectivity index (χ4n) is 1.57. The molecule has 1 aromatic rings. The molecule has 6 heteroatoms. The number of nitrogens with zero attached hydrogens (tertiary/aromatic N) is 1.